The number of fused-ring (bicyclic) bond motifs is 1. The number of aromatic nitrogens is 3. The van der Waals surface area contributed by atoms with E-state index in [1.807, 2.05) is 32.0 Å². The molecular formula is C24H31ClN4O. The Balaban J connectivity index is 1.70. The molecule has 3 aromatic rings. The van der Waals surface area contributed by atoms with Gasteiger partial charge in [-0.1, -0.05) is 62.8 Å². The van der Waals surface area contributed by atoms with Gasteiger partial charge in [0.15, 0.2) is 5.65 Å². The van der Waals surface area contributed by atoms with E-state index in [1.54, 1.807) is 10.7 Å². The van der Waals surface area contributed by atoms with Crippen LogP contribution in [0.4, 0.5) is 0 Å². The third kappa shape index (κ3) is 5.39. The van der Waals surface area contributed by atoms with Crippen LogP contribution >= 0.6 is 11.6 Å². The highest BCUT2D eigenvalue weighted by molar-refractivity contribution is 6.30. The van der Waals surface area contributed by atoms with Gasteiger partial charge in [-0.2, -0.15) is 5.10 Å². The van der Waals surface area contributed by atoms with Crippen LogP contribution in [0, 0.1) is 13.8 Å². The van der Waals surface area contributed by atoms with E-state index in [1.165, 1.54) is 25.7 Å². The number of carbonyl (C=O) groups excluding carboxylic acids is 1. The smallest absolute Gasteiger partial charge is 0.256 e. The third-order valence-corrected chi connectivity index (χ3v) is 5.77. The van der Waals surface area contributed by atoms with E-state index >= 15 is 0 Å². The van der Waals surface area contributed by atoms with Crippen LogP contribution in [0.3, 0.4) is 0 Å². The summed E-state index contributed by atoms with van der Waals surface area (Å²) in [7, 11) is 0. The van der Waals surface area contributed by atoms with Crippen molar-refractivity contribution in [2.45, 2.75) is 65.7 Å². The summed E-state index contributed by atoms with van der Waals surface area (Å²) in [4.78, 5) is 17.4. The van der Waals surface area contributed by atoms with Crippen LogP contribution in [0.2, 0.25) is 5.02 Å². The third-order valence-electron chi connectivity index (χ3n) is 5.54. The molecule has 6 heteroatoms. The maximum Gasteiger partial charge on any atom is 0.256 e. The summed E-state index contributed by atoms with van der Waals surface area (Å²) in [6.07, 6.45) is 9.54. The van der Waals surface area contributed by atoms with E-state index in [0.29, 0.717) is 17.8 Å². The molecule has 0 atom stereocenters. The average Bonchev–Trinajstić information content (AvgIpc) is 3.14. The van der Waals surface area contributed by atoms with E-state index in [4.69, 9.17) is 16.6 Å². The van der Waals surface area contributed by atoms with Crippen molar-refractivity contribution in [1.82, 2.24) is 19.9 Å². The molecule has 5 nitrogen and oxygen atoms in total. The second-order valence-electron chi connectivity index (χ2n) is 7.89. The molecule has 0 spiro atoms. The number of hydrogen-bond acceptors (Lipinski definition) is 3. The van der Waals surface area contributed by atoms with Gasteiger partial charge in [0.25, 0.3) is 5.91 Å². The number of benzene rings is 1. The molecular weight excluding hydrogens is 396 g/mol. The minimum absolute atomic E-state index is 0.104. The van der Waals surface area contributed by atoms with Gasteiger partial charge in [-0.3, -0.25) is 4.79 Å². The molecule has 2 aromatic heterocycles. The number of hydrogen-bond donors (Lipinski definition) is 1. The lowest BCUT2D eigenvalue weighted by Gasteiger charge is -2.12. The molecule has 160 valence electrons. The normalized spacial score (nSPS) is 11.2. The first-order valence-electron chi connectivity index (χ1n) is 10.9. The number of rotatable bonds is 10. The van der Waals surface area contributed by atoms with E-state index in [0.717, 1.165) is 46.8 Å². The number of aryl methyl sites for hydroxylation is 2. The van der Waals surface area contributed by atoms with Gasteiger partial charge in [0, 0.05) is 29.4 Å². The summed E-state index contributed by atoms with van der Waals surface area (Å²) < 4.78 is 1.77. The molecule has 1 amide bonds. The summed E-state index contributed by atoms with van der Waals surface area (Å²) in [5.74, 6) is -0.104. The first-order chi connectivity index (χ1) is 14.5. The Morgan fingerprint density at radius 3 is 2.67 bits per heavy atom. The summed E-state index contributed by atoms with van der Waals surface area (Å²) in [6, 6.07) is 7.85. The van der Waals surface area contributed by atoms with Crippen LogP contribution in [0.15, 0.2) is 30.5 Å². The van der Waals surface area contributed by atoms with E-state index in [9.17, 15) is 4.79 Å². The second kappa shape index (κ2) is 10.6. The van der Waals surface area contributed by atoms with Gasteiger partial charge < -0.3 is 5.32 Å². The molecule has 0 saturated heterocycles. The first-order valence-corrected chi connectivity index (χ1v) is 11.3. The summed E-state index contributed by atoms with van der Waals surface area (Å²) in [5.41, 5.74) is 5.27. The molecule has 1 aromatic carbocycles. The fraction of sp³-hybridized carbons (Fsp3) is 0.458. The quantitative estimate of drug-likeness (QED) is 0.424. The number of carbonyl (C=O) groups is 1. The molecule has 2 heterocycles. The molecule has 0 radical (unpaired) electrons. The van der Waals surface area contributed by atoms with Crippen molar-refractivity contribution in [3.63, 3.8) is 0 Å². The zero-order valence-electron chi connectivity index (χ0n) is 18.2. The predicted octanol–water partition coefficient (Wildman–Crippen LogP) is 5.68. The lowest BCUT2D eigenvalue weighted by Crippen LogP contribution is -2.24. The van der Waals surface area contributed by atoms with Gasteiger partial charge in [-0.15, -0.1) is 0 Å². The summed E-state index contributed by atoms with van der Waals surface area (Å²) in [6.45, 7) is 6.91. The van der Waals surface area contributed by atoms with Gasteiger partial charge in [0.1, 0.15) is 5.56 Å². The Labute approximate surface area is 183 Å². The molecule has 30 heavy (non-hydrogen) atoms. The van der Waals surface area contributed by atoms with Crippen molar-refractivity contribution in [2.24, 2.45) is 0 Å². The Morgan fingerprint density at radius 2 is 1.90 bits per heavy atom. The molecule has 1 N–H and O–H groups in total. The standard InChI is InChI=1S/C24H31ClN4O/c1-4-5-6-7-8-9-13-26-24(30)22-16-27-29-18(3)21(17(2)28-23(22)29)15-19-11-10-12-20(25)14-19/h10-12,14,16H,4-9,13,15H2,1-3H3,(H,26,30). The van der Waals surface area contributed by atoms with Crippen LogP contribution < -0.4 is 5.32 Å². The van der Waals surface area contributed by atoms with Crippen LogP contribution in [0.25, 0.3) is 5.65 Å². The summed E-state index contributed by atoms with van der Waals surface area (Å²) in [5, 5.41) is 8.19. The highest BCUT2D eigenvalue weighted by atomic mass is 35.5. The van der Waals surface area contributed by atoms with Crippen LogP contribution in [-0.4, -0.2) is 27.0 Å². The van der Waals surface area contributed by atoms with E-state index < -0.39 is 0 Å². The van der Waals surface area contributed by atoms with E-state index in [-0.39, 0.29) is 5.91 Å². The maximum atomic E-state index is 12.7. The Kier molecular flexibility index (Phi) is 7.86. The van der Waals surface area contributed by atoms with Crippen molar-refractivity contribution in [2.75, 3.05) is 6.54 Å². The van der Waals surface area contributed by atoms with Crippen molar-refractivity contribution in [1.29, 1.82) is 0 Å². The van der Waals surface area contributed by atoms with Crippen LogP contribution in [0.1, 0.15) is 78.3 Å². The maximum absolute atomic E-state index is 12.7. The van der Waals surface area contributed by atoms with Gasteiger partial charge in [-0.05, 0) is 43.5 Å². The zero-order chi connectivity index (χ0) is 21.5. The number of nitrogens with zero attached hydrogens (tertiary/aromatic N) is 3. The van der Waals surface area contributed by atoms with Crippen LogP contribution in [0.5, 0.6) is 0 Å². The zero-order valence-corrected chi connectivity index (χ0v) is 18.9. The highest BCUT2D eigenvalue weighted by Gasteiger charge is 2.18. The topological polar surface area (TPSA) is 59.3 Å². The Morgan fingerprint density at radius 1 is 1.13 bits per heavy atom. The fourth-order valence-corrected chi connectivity index (χ4v) is 3.99. The van der Waals surface area contributed by atoms with Crippen molar-refractivity contribution < 1.29 is 4.79 Å². The van der Waals surface area contributed by atoms with Crippen molar-refractivity contribution in [3.05, 3.63) is 63.6 Å². The Bertz CT molecular complexity index is 1010. The summed E-state index contributed by atoms with van der Waals surface area (Å²) >= 11 is 6.13. The van der Waals surface area contributed by atoms with E-state index in [2.05, 4.69) is 23.4 Å². The number of amides is 1. The number of halogens is 1. The molecule has 0 fully saturated rings. The first kappa shape index (κ1) is 22.3. The molecule has 0 bridgehead atoms. The highest BCUT2D eigenvalue weighted by Crippen LogP contribution is 2.21. The largest absolute Gasteiger partial charge is 0.352 e. The second-order valence-corrected chi connectivity index (χ2v) is 8.32. The van der Waals surface area contributed by atoms with Crippen LogP contribution in [-0.2, 0) is 6.42 Å². The van der Waals surface area contributed by atoms with Crippen molar-refractivity contribution >= 4 is 23.2 Å². The molecule has 0 unspecified atom stereocenters. The Hall–Kier alpha value is -2.40. The molecule has 0 aliphatic rings. The number of nitrogens with one attached hydrogen (secondary N) is 1. The van der Waals surface area contributed by atoms with Gasteiger partial charge in [-0.25, -0.2) is 9.50 Å². The van der Waals surface area contributed by atoms with Gasteiger partial charge in [0.05, 0.1) is 6.20 Å². The van der Waals surface area contributed by atoms with Gasteiger partial charge in [0.2, 0.25) is 0 Å². The minimum atomic E-state index is -0.104. The lowest BCUT2D eigenvalue weighted by atomic mass is 10.0. The molecule has 0 aliphatic carbocycles. The monoisotopic (exact) mass is 426 g/mol. The van der Waals surface area contributed by atoms with Gasteiger partial charge >= 0.3 is 0 Å². The molecule has 0 aliphatic heterocycles. The molecule has 3 rings (SSSR count). The fourth-order valence-electron chi connectivity index (χ4n) is 3.78. The minimum Gasteiger partial charge on any atom is -0.352 e. The van der Waals surface area contributed by atoms with Crippen molar-refractivity contribution in [3.8, 4) is 0 Å². The predicted molar refractivity (Wildman–Crippen MR) is 122 cm³/mol. The SMILES string of the molecule is CCCCCCCCNC(=O)c1cnn2c(C)c(Cc3cccc(Cl)c3)c(C)nc12. The molecule has 0 saturated carbocycles. The average molecular weight is 427 g/mol. The number of unbranched alkanes of at least 4 members (excludes halogenated alkanes) is 5. The lowest BCUT2D eigenvalue weighted by molar-refractivity contribution is 0.0954.